The Morgan fingerprint density at radius 3 is 2.67 bits per heavy atom. The molecule has 2 amide bonds. The summed E-state index contributed by atoms with van der Waals surface area (Å²) in [5.74, 6) is 0.520. The maximum atomic E-state index is 12.4. The molecule has 3 rings (SSSR count). The number of likely N-dealkylation sites (tertiary alicyclic amines) is 1. The second-order valence-electron chi connectivity index (χ2n) is 6.47. The van der Waals surface area contributed by atoms with E-state index in [-0.39, 0.29) is 12.1 Å². The zero-order valence-electron chi connectivity index (χ0n) is 14.2. The number of amides is 2. The van der Waals surface area contributed by atoms with Crippen LogP contribution in [0.15, 0.2) is 12.3 Å². The lowest BCUT2D eigenvalue weighted by Gasteiger charge is -2.33. The number of rotatable bonds is 4. The van der Waals surface area contributed by atoms with Crippen molar-refractivity contribution < 1.29 is 14.3 Å². The van der Waals surface area contributed by atoms with Crippen LogP contribution >= 0.6 is 0 Å². The molecule has 7 heteroatoms. The van der Waals surface area contributed by atoms with Gasteiger partial charge in [-0.25, -0.2) is 9.78 Å². The summed E-state index contributed by atoms with van der Waals surface area (Å²) < 4.78 is 10.9. The maximum Gasteiger partial charge on any atom is 0.319 e. The number of ether oxygens (including phenoxy) is 2. The number of aromatic nitrogens is 2. The van der Waals surface area contributed by atoms with Crippen molar-refractivity contribution in [1.82, 2.24) is 20.2 Å². The highest BCUT2D eigenvalue weighted by atomic mass is 16.5. The van der Waals surface area contributed by atoms with E-state index in [1.54, 1.807) is 12.3 Å². The Morgan fingerprint density at radius 1 is 1.21 bits per heavy atom. The van der Waals surface area contributed by atoms with Crippen molar-refractivity contribution in [3.05, 3.63) is 12.3 Å². The normalized spacial score (nSPS) is 19.8. The number of carbonyl (C=O) groups excluding carboxylic acids is 1. The molecular weight excluding hydrogens is 308 g/mol. The van der Waals surface area contributed by atoms with Gasteiger partial charge in [0.1, 0.15) is 6.10 Å². The van der Waals surface area contributed by atoms with Crippen LogP contribution in [0, 0.1) is 0 Å². The van der Waals surface area contributed by atoms with Crippen molar-refractivity contribution in [1.29, 1.82) is 0 Å². The number of carbonyl (C=O) groups is 1. The average Bonchev–Trinajstić information content (AvgIpc) is 2.63. The molecule has 2 aliphatic rings. The van der Waals surface area contributed by atoms with Crippen molar-refractivity contribution in [2.45, 2.75) is 57.1 Å². The predicted octanol–water partition coefficient (Wildman–Crippen LogP) is 2.37. The molecule has 0 unspecified atom stereocenters. The summed E-state index contributed by atoms with van der Waals surface area (Å²) in [6, 6.07) is 2.46. The lowest BCUT2D eigenvalue weighted by molar-refractivity contribution is 0.105. The first-order valence-corrected chi connectivity index (χ1v) is 8.84. The van der Waals surface area contributed by atoms with Gasteiger partial charge in [-0.05, 0) is 12.8 Å². The van der Waals surface area contributed by atoms with Crippen LogP contribution in [0.1, 0.15) is 44.9 Å². The van der Waals surface area contributed by atoms with Crippen molar-refractivity contribution in [2.24, 2.45) is 0 Å². The van der Waals surface area contributed by atoms with Gasteiger partial charge >= 0.3 is 12.0 Å². The molecule has 2 fully saturated rings. The van der Waals surface area contributed by atoms with E-state index in [0.29, 0.717) is 31.0 Å². The van der Waals surface area contributed by atoms with Crippen LogP contribution in [0.2, 0.25) is 0 Å². The van der Waals surface area contributed by atoms with Crippen molar-refractivity contribution in [3.8, 4) is 11.9 Å². The first-order chi connectivity index (χ1) is 11.7. The average molecular weight is 334 g/mol. The molecule has 1 N–H and O–H groups in total. The zero-order valence-corrected chi connectivity index (χ0v) is 14.2. The summed E-state index contributed by atoms with van der Waals surface area (Å²) in [4.78, 5) is 22.4. The molecule has 0 radical (unpaired) electrons. The standard InChI is InChI=1S/C17H26N4O3/c1-23-16-18-10-7-15(20-16)24-14-8-11-21(12-9-14)17(22)19-13-5-3-2-4-6-13/h7,10,13-14H,2-6,8-9,11-12H2,1H3,(H,19,22). The molecule has 1 aromatic heterocycles. The molecule has 0 spiro atoms. The van der Waals surface area contributed by atoms with Gasteiger partial charge in [0, 0.05) is 44.2 Å². The van der Waals surface area contributed by atoms with E-state index < -0.39 is 0 Å². The summed E-state index contributed by atoms with van der Waals surface area (Å²) >= 11 is 0. The van der Waals surface area contributed by atoms with Crippen LogP contribution in [-0.4, -0.2) is 53.2 Å². The third kappa shape index (κ3) is 4.49. The van der Waals surface area contributed by atoms with Gasteiger partial charge in [0.15, 0.2) is 0 Å². The third-order valence-corrected chi connectivity index (χ3v) is 4.74. The molecule has 1 aliphatic heterocycles. The van der Waals surface area contributed by atoms with E-state index in [1.807, 2.05) is 4.90 Å². The van der Waals surface area contributed by atoms with Crippen molar-refractivity contribution >= 4 is 6.03 Å². The fourth-order valence-electron chi connectivity index (χ4n) is 3.35. The van der Waals surface area contributed by atoms with Gasteiger partial charge in [0.05, 0.1) is 7.11 Å². The number of nitrogens with one attached hydrogen (secondary N) is 1. The second-order valence-corrected chi connectivity index (χ2v) is 6.47. The van der Waals surface area contributed by atoms with E-state index in [9.17, 15) is 4.79 Å². The molecule has 0 aromatic carbocycles. The van der Waals surface area contributed by atoms with Gasteiger partial charge in [-0.2, -0.15) is 4.98 Å². The highest BCUT2D eigenvalue weighted by molar-refractivity contribution is 5.74. The zero-order chi connectivity index (χ0) is 16.8. The van der Waals surface area contributed by atoms with Crippen molar-refractivity contribution in [3.63, 3.8) is 0 Å². The van der Waals surface area contributed by atoms with Gasteiger partial charge in [0.2, 0.25) is 5.88 Å². The van der Waals surface area contributed by atoms with Gasteiger partial charge in [-0.1, -0.05) is 19.3 Å². The lowest BCUT2D eigenvalue weighted by Crippen LogP contribution is -2.49. The van der Waals surface area contributed by atoms with E-state index in [0.717, 1.165) is 25.7 Å². The fourth-order valence-corrected chi connectivity index (χ4v) is 3.35. The van der Waals surface area contributed by atoms with Crippen LogP contribution in [-0.2, 0) is 0 Å². The monoisotopic (exact) mass is 334 g/mol. The van der Waals surface area contributed by atoms with Gasteiger partial charge in [-0.3, -0.25) is 0 Å². The molecule has 1 aromatic rings. The quantitative estimate of drug-likeness (QED) is 0.915. The molecule has 0 atom stereocenters. The molecule has 1 aliphatic carbocycles. The third-order valence-electron chi connectivity index (χ3n) is 4.74. The topological polar surface area (TPSA) is 76.6 Å². The SMILES string of the molecule is COc1nccc(OC2CCN(C(=O)NC3CCCCC3)CC2)n1. The van der Waals surface area contributed by atoms with E-state index in [4.69, 9.17) is 9.47 Å². The van der Waals surface area contributed by atoms with Gasteiger partial charge < -0.3 is 19.7 Å². The van der Waals surface area contributed by atoms with Gasteiger partial charge in [-0.15, -0.1) is 0 Å². The summed E-state index contributed by atoms with van der Waals surface area (Å²) in [6.45, 7) is 1.43. The number of methoxy groups -OCH3 is 1. The van der Waals surface area contributed by atoms with Crippen molar-refractivity contribution in [2.75, 3.05) is 20.2 Å². The molecule has 0 bridgehead atoms. The minimum atomic E-state index is 0.0725. The fraction of sp³-hybridized carbons (Fsp3) is 0.706. The number of nitrogens with zero attached hydrogens (tertiary/aromatic N) is 3. The van der Waals surface area contributed by atoms with E-state index in [1.165, 1.54) is 26.4 Å². The van der Waals surface area contributed by atoms with Crippen LogP contribution < -0.4 is 14.8 Å². The highest BCUT2D eigenvalue weighted by Crippen LogP contribution is 2.20. The molecular formula is C17H26N4O3. The number of urea groups is 1. The Kier molecular flexibility index (Phi) is 5.72. The second kappa shape index (κ2) is 8.17. The van der Waals surface area contributed by atoms with Crippen LogP contribution in [0.3, 0.4) is 0 Å². The Morgan fingerprint density at radius 2 is 1.96 bits per heavy atom. The van der Waals surface area contributed by atoms with Crippen LogP contribution in [0.5, 0.6) is 11.9 Å². The van der Waals surface area contributed by atoms with Crippen LogP contribution in [0.25, 0.3) is 0 Å². The summed E-state index contributed by atoms with van der Waals surface area (Å²) in [6.07, 6.45) is 9.28. The molecule has 2 heterocycles. The summed E-state index contributed by atoms with van der Waals surface area (Å²) in [5, 5.41) is 3.18. The Hall–Kier alpha value is -2.05. The molecule has 1 saturated heterocycles. The van der Waals surface area contributed by atoms with E-state index >= 15 is 0 Å². The first-order valence-electron chi connectivity index (χ1n) is 8.84. The van der Waals surface area contributed by atoms with Gasteiger partial charge in [0.25, 0.3) is 0 Å². The first kappa shape index (κ1) is 16.8. The maximum absolute atomic E-state index is 12.4. The minimum absolute atomic E-state index is 0.0725. The molecule has 24 heavy (non-hydrogen) atoms. The molecule has 7 nitrogen and oxygen atoms in total. The Bertz CT molecular complexity index is 540. The Labute approximate surface area is 142 Å². The minimum Gasteiger partial charge on any atom is -0.474 e. The summed E-state index contributed by atoms with van der Waals surface area (Å²) in [5.41, 5.74) is 0. The summed E-state index contributed by atoms with van der Waals surface area (Å²) in [7, 11) is 1.53. The highest BCUT2D eigenvalue weighted by Gasteiger charge is 2.26. The van der Waals surface area contributed by atoms with E-state index in [2.05, 4.69) is 15.3 Å². The van der Waals surface area contributed by atoms with Crippen LogP contribution in [0.4, 0.5) is 4.79 Å². The number of hydrogen-bond acceptors (Lipinski definition) is 5. The largest absolute Gasteiger partial charge is 0.474 e. The molecule has 1 saturated carbocycles. The number of piperidine rings is 1. The predicted molar refractivity (Wildman–Crippen MR) is 89.2 cm³/mol. The molecule has 132 valence electrons. The number of hydrogen-bond donors (Lipinski definition) is 1. The Balaban J connectivity index is 1.44. The smallest absolute Gasteiger partial charge is 0.319 e. The lowest BCUT2D eigenvalue weighted by atomic mass is 9.96.